The minimum Gasteiger partial charge on any atom is -0.357 e. The summed E-state index contributed by atoms with van der Waals surface area (Å²) < 4.78 is 0. The van der Waals surface area contributed by atoms with Crippen molar-refractivity contribution in [3.8, 4) is 0 Å². The van der Waals surface area contributed by atoms with Gasteiger partial charge in [-0.15, -0.1) is 0 Å². The molecule has 0 radical (unpaired) electrons. The van der Waals surface area contributed by atoms with E-state index in [1.165, 1.54) is 0 Å². The summed E-state index contributed by atoms with van der Waals surface area (Å²) in [6.45, 7) is 7.83. The summed E-state index contributed by atoms with van der Waals surface area (Å²) >= 11 is 0. The van der Waals surface area contributed by atoms with Crippen molar-refractivity contribution in [3.05, 3.63) is 23.4 Å². The first-order valence-electron chi connectivity index (χ1n) is 6.64. The zero-order valence-corrected chi connectivity index (χ0v) is 12.1. The zero-order chi connectivity index (χ0) is 13.5. The van der Waals surface area contributed by atoms with Crippen LogP contribution in [-0.4, -0.2) is 43.6 Å². The minimum absolute atomic E-state index is 0.548. The van der Waals surface area contributed by atoms with Crippen LogP contribution in [0.3, 0.4) is 0 Å². The molecule has 0 bridgehead atoms. The maximum atomic E-state index is 5.80. The molecule has 4 heteroatoms. The number of hydrogen-bond donors (Lipinski definition) is 1. The van der Waals surface area contributed by atoms with Crippen LogP contribution in [0.2, 0.25) is 0 Å². The number of nitrogens with two attached hydrogens (primary N) is 1. The molecule has 1 aromatic heterocycles. The first-order valence-corrected chi connectivity index (χ1v) is 6.64. The fourth-order valence-electron chi connectivity index (χ4n) is 2.00. The normalized spacial score (nSPS) is 11.0. The molecule has 0 aromatic carbocycles. The van der Waals surface area contributed by atoms with Gasteiger partial charge in [-0.3, -0.25) is 0 Å². The molecule has 102 valence electrons. The molecule has 0 saturated carbocycles. The Morgan fingerprint density at radius 2 is 1.94 bits per heavy atom. The van der Waals surface area contributed by atoms with Gasteiger partial charge in [-0.2, -0.15) is 0 Å². The molecule has 0 fully saturated rings. The van der Waals surface area contributed by atoms with Crippen molar-refractivity contribution in [1.29, 1.82) is 0 Å². The Balaban J connectivity index is 2.77. The van der Waals surface area contributed by atoms with Gasteiger partial charge < -0.3 is 15.5 Å². The van der Waals surface area contributed by atoms with Gasteiger partial charge in [0.25, 0.3) is 0 Å². The van der Waals surface area contributed by atoms with Crippen molar-refractivity contribution < 1.29 is 0 Å². The highest BCUT2D eigenvalue weighted by Crippen LogP contribution is 2.18. The lowest BCUT2D eigenvalue weighted by molar-refractivity contribution is 0.400. The number of anilines is 1. The van der Waals surface area contributed by atoms with E-state index in [9.17, 15) is 0 Å². The molecule has 18 heavy (non-hydrogen) atoms. The summed E-state index contributed by atoms with van der Waals surface area (Å²) in [5.41, 5.74) is 7.98. The van der Waals surface area contributed by atoms with Crippen molar-refractivity contribution in [1.82, 2.24) is 9.88 Å². The summed E-state index contributed by atoms with van der Waals surface area (Å²) in [4.78, 5) is 9.17. The van der Waals surface area contributed by atoms with Gasteiger partial charge >= 0.3 is 0 Å². The van der Waals surface area contributed by atoms with E-state index in [0.717, 1.165) is 43.1 Å². The van der Waals surface area contributed by atoms with Crippen LogP contribution in [0.4, 0.5) is 5.82 Å². The number of pyridine rings is 1. The molecule has 0 amide bonds. The third kappa shape index (κ3) is 4.27. The van der Waals surface area contributed by atoms with E-state index in [2.05, 4.69) is 41.9 Å². The monoisotopic (exact) mass is 250 g/mol. The van der Waals surface area contributed by atoms with E-state index < -0.39 is 0 Å². The van der Waals surface area contributed by atoms with Crippen molar-refractivity contribution in [2.45, 2.75) is 26.8 Å². The highest BCUT2D eigenvalue weighted by atomic mass is 15.2. The minimum atomic E-state index is 0.548. The fourth-order valence-corrected chi connectivity index (χ4v) is 2.00. The molecule has 1 rings (SSSR count). The second-order valence-electron chi connectivity index (χ2n) is 4.88. The van der Waals surface area contributed by atoms with Crippen LogP contribution in [-0.2, 0) is 6.54 Å². The number of rotatable bonds is 7. The van der Waals surface area contributed by atoms with Crippen LogP contribution in [0.25, 0.3) is 0 Å². The maximum Gasteiger partial charge on any atom is 0.133 e. The van der Waals surface area contributed by atoms with E-state index in [-0.39, 0.29) is 0 Å². The van der Waals surface area contributed by atoms with E-state index in [1.54, 1.807) is 0 Å². The largest absolute Gasteiger partial charge is 0.357 e. The lowest BCUT2D eigenvalue weighted by atomic mass is 10.2. The van der Waals surface area contributed by atoms with Gasteiger partial charge in [0.15, 0.2) is 0 Å². The lowest BCUT2D eigenvalue weighted by Gasteiger charge is -2.25. The first kappa shape index (κ1) is 14.9. The molecule has 0 saturated heterocycles. The molecular weight excluding hydrogens is 224 g/mol. The Morgan fingerprint density at radius 1 is 1.22 bits per heavy atom. The summed E-state index contributed by atoms with van der Waals surface area (Å²) in [7, 11) is 4.21. The molecule has 1 heterocycles. The maximum absolute atomic E-state index is 5.80. The molecule has 0 aliphatic carbocycles. The molecule has 0 aliphatic rings. The lowest BCUT2D eigenvalue weighted by Crippen LogP contribution is -2.29. The van der Waals surface area contributed by atoms with E-state index in [0.29, 0.717) is 6.54 Å². The van der Waals surface area contributed by atoms with Crippen molar-refractivity contribution in [2.24, 2.45) is 5.73 Å². The summed E-state index contributed by atoms with van der Waals surface area (Å²) in [5, 5.41) is 0. The van der Waals surface area contributed by atoms with Gasteiger partial charge in [-0.05, 0) is 47.0 Å². The molecular formula is C14H26N4. The van der Waals surface area contributed by atoms with Crippen LogP contribution in [0, 0.1) is 6.92 Å². The van der Waals surface area contributed by atoms with Crippen LogP contribution in [0.1, 0.15) is 24.6 Å². The topological polar surface area (TPSA) is 45.4 Å². The predicted molar refractivity (Wildman–Crippen MR) is 77.9 cm³/mol. The molecule has 0 unspecified atom stereocenters. The second-order valence-corrected chi connectivity index (χ2v) is 4.88. The fraction of sp³-hybridized carbons (Fsp3) is 0.643. The number of hydrogen-bond acceptors (Lipinski definition) is 4. The highest BCUT2D eigenvalue weighted by Gasteiger charge is 2.10. The van der Waals surface area contributed by atoms with Gasteiger partial charge in [-0.25, -0.2) is 4.98 Å². The average Bonchev–Trinajstić information content (AvgIpc) is 2.34. The van der Waals surface area contributed by atoms with Crippen LogP contribution in [0.5, 0.6) is 0 Å². The van der Waals surface area contributed by atoms with E-state index >= 15 is 0 Å². The Kier molecular flexibility index (Phi) is 6.09. The second kappa shape index (κ2) is 7.34. The molecule has 0 spiro atoms. The molecule has 4 nitrogen and oxygen atoms in total. The van der Waals surface area contributed by atoms with Gasteiger partial charge in [0.1, 0.15) is 5.82 Å². The number of aromatic nitrogens is 1. The Labute approximate surface area is 111 Å². The highest BCUT2D eigenvalue weighted by molar-refractivity contribution is 5.47. The van der Waals surface area contributed by atoms with E-state index in [1.807, 2.05) is 13.0 Å². The SMILES string of the molecule is CCN(CCCN(C)C)c1nc(C)ccc1CN. The Hall–Kier alpha value is -1.13. The van der Waals surface area contributed by atoms with Crippen LogP contribution >= 0.6 is 0 Å². The van der Waals surface area contributed by atoms with Gasteiger partial charge in [0, 0.05) is 30.9 Å². The van der Waals surface area contributed by atoms with E-state index in [4.69, 9.17) is 5.73 Å². The summed E-state index contributed by atoms with van der Waals surface area (Å²) in [6, 6.07) is 4.12. The van der Waals surface area contributed by atoms with Crippen molar-refractivity contribution >= 4 is 5.82 Å². The Bertz CT molecular complexity index is 363. The Morgan fingerprint density at radius 3 is 2.50 bits per heavy atom. The molecule has 0 atom stereocenters. The van der Waals surface area contributed by atoms with Gasteiger partial charge in [0.05, 0.1) is 0 Å². The van der Waals surface area contributed by atoms with Crippen molar-refractivity contribution in [3.63, 3.8) is 0 Å². The van der Waals surface area contributed by atoms with Crippen LogP contribution < -0.4 is 10.6 Å². The van der Waals surface area contributed by atoms with Gasteiger partial charge in [-0.1, -0.05) is 6.07 Å². The molecule has 0 aliphatic heterocycles. The number of nitrogens with zero attached hydrogens (tertiary/aromatic N) is 3. The standard InChI is InChI=1S/C14H26N4/c1-5-18(10-6-9-17(3)4)14-13(11-15)8-7-12(2)16-14/h7-8H,5-6,9-11,15H2,1-4H3. The summed E-state index contributed by atoms with van der Waals surface area (Å²) in [5.74, 6) is 1.05. The number of aryl methyl sites for hydroxylation is 1. The van der Waals surface area contributed by atoms with Crippen LogP contribution in [0.15, 0.2) is 12.1 Å². The molecule has 2 N–H and O–H groups in total. The van der Waals surface area contributed by atoms with Gasteiger partial charge in [0.2, 0.25) is 0 Å². The average molecular weight is 250 g/mol. The van der Waals surface area contributed by atoms with Crippen molar-refractivity contribution in [2.75, 3.05) is 38.6 Å². The first-order chi connectivity index (χ1) is 8.58. The smallest absolute Gasteiger partial charge is 0.133 e. The quantitative estimate of drug-likeness (QED) is 0.799. The third-order valence-electron chi connectivity index (χ3n) is 3.03. The molecule has 1 aromatic rings. The predicted octanol–water partition coefficient (Wildman–Crippen LogP) is 1.63. The summed E-state index contributed by atoms with van der Waals surface area (Å²) in [6.07, 6.45) is 1.14. The zero-order valence-electron chi connectivity index (χ0n) is 12.1. The third-order valence-corrected chi connectivity index (χ3v) is 3.03.